The molecule has 1 aliphatic heterocycles. The molecule has 0 radical (unpaired) electrons. The molecule has 19 heavy (non-hydrogen) atoms. The Morgan fingerprint density at radius 3 is 2.84 bits per heavy atom. The van der Waals surface area contributed by atoms with Gasteiger partial charge in [0.15, 0.2) is 0 Å². The van der Waals surface area contributed by atoms with E-state index in [0.29, 0.717) is 12.1 Å². The molecule has 2 rings (SSSR count). The summed E-state index contributed by atoms with van der Waals surface area (Å²) in [6, 6.07) is 11.2. The predicted molar refractivity (Wildman–Crippen MR) is 79.3 cm³/mol. The van der Waals surface area contributed by atoms with Gasteiger partial charge in [-0.15, -0.1) is 0 Å². The van der Waals surface area contributed by atoms with Crippen LogP contribution < -0.4 is 5.32 Å². The maximum absolute atomic E-state index is 5.59. The van der Waals surface area contributed by atoms with Crippen molar-refractivity contribution in [3.8, 4) is 0 Å². The molecule has 2 atom stereocenters. The van der Waals surface area contributed by atoms with Crippen LogP contribution in [0.25, 0.3) is 0 Å². The summed E-state index contributed by atoms with van der Waals surface area (Å²) < 4.78 is 5.59. The van der Waals surface area contributed by atoms with Crippen molar-refractivity contribution >= 4 is 0 Å². The van der Waals surface area contributed by atoms with E-state index in [2.05, 4.69) is 54.4 Å². The molecule has 0 aliphatic carbocycles. The summed E-state index contributed by atoms with van der Waals surface area (Å²) in [6.45, 7) is 9.49. The van der Waals surface area contributed by atoms with Crippen molar-refractivity contribution in [2.75, 3.05) is 32.8 Å². The summed E-state index contributed by atoms with van der Waals surface area (Å²) in [4.78, 5) is 2.52. The van der Waals surface area contributed by atoms with Gasteiger partial charge in [0, 0.05) is 25.7 Å². The molecule has 0 spiro atoms. The maximum atomic E-state index is 5.59. The lowest BCUT2D eigenvalue weighted by atomic mass is 10.0. The van der Waals surface area contributed by atoms with E-state index in [0.717, 1.165) is 39.2 Å². The molecular formula is C16H26N2O. The fourth-order valence-electron chi connectivity index (χ4n) is 2.72. The Kier molecular flexibility index (Phi) is 5.83. The second-order valence-electron chi connectivity index (χ2n) is 5.29. The molecule has 3 nitrogen and oxygen atoms in total. The molecule has 0 amide bonds. The van der Waals surface area contributed by atoms with E-state index in [1.54, 1.807) is 0 Å². The summed E-state index contributed by atoms with van der Waals surface area (Å²) in [5, 5.41) is 3.59. The zero-order valence-electron chi connectivity index (χ0n) is 12.1. The van der Waals surface area contributed by atoms with Crippen molar-refractivity contribution in [2.24, 2.45) is 0 Å². The summed E-state index contributed by atoms with van der Waals surface area (Å²) in [5.41, 5.74) is 1.39. The molecule has 1 aliphatic rings. The topological polar surface area (TPSA) is 24.5 Å². The average Bonchev–Trinajstić information content (AvgIpc) is 2.44. The third-order valence-electron chi connectivity index (χ3n) is 3.71. The van der Waals surface area contributed by atoms with Crippen LogP contribution in [0.4, 0.5) is 0 Å². The summed E-state index contributed by atoms with van der Waals surface area (Å²) in [5.74, 6) is 0. The Labute approximate surface area is 116 Å². The van der Waals surface area contributed by atoms with Crippen molar-refractivity contribution in [1.82, 2.24) is 10.2 Å². The van der Waals surface area contributed by atoms with Gasteiger partial charge in [-0.25, -0.2) is 0 Å². The number of hydrogen-bond donors (Lipinski definition) is 1. The normalized spacial score (nSPS) is 22.3. The number of rotatable bonds is 6. The summed E-state index contributed by atoms with van der Waals surface area (Å²) in [7, 11) is 0. The Bertz CT molecular complexity index is 355. The second kappa shape index (κ2) is 7.63. The average molecular weight is 262 g/mol. The Morgan fingerprint density at radius 2 is 2.16 bits per heavy atom. The van der Waals surface area contributed by atoms with Gasteiger partial charge in [0.2, 0.25) is 0 Å². The molecule has 0 aromatic heterocycles. The first-order valence-electron chi connectivity index (χ1n) is 7.42. The third kappa shape index (κ3) is 4.60. The SMILES string of the molecule is CCNC(CCN1CCOC(C)C1)c1ccccc1. The van der Waals surface area contributed by atoms with E-state index in [1.165, 1.54) is 5.56 Å². The van der Waals surface area contributed by atoms with Crippen molar-refractivity contribution in [2.45, 2.75) is 32.4 Å². The van der Waals surface area contributed by atoms with Gasteiger partial charge in [0.1, 0.15) is 0 Å². The quantitative estimate of drug-likeness (QED) is 0.852. The molecule has 1 fully saturated rings. The van der Waals surface area contributed by atoms with Crippen LogP contribution in [-0.4, -0.2) is 43.8 Å². The fraction of sp³-hybridized carbons (Fsp3) is 0.625. The van der Waals surface area contributed by atoms with Gasteiger partial charge in [0.25, 0.3) is 0 Å². The molecule has 3 heteroatoms. The van der Waals surface area contributed by atoms with Crippen LogP contribution in [0.1, 0.15) is 31.9 Å². The Hall–Kier alpha value is -0.900. The van der Waals surface area contributed by atoms with Crippen LogP contribution in [0.15, 0.2) is 30.3 Å². The molecule has 1 aromatic rings. The Morgan fingerprint density at radius 1 is 1.37 bits per heavy atom. The van der Waals surface area contributed by atoms with Crippen LogP contribution in [-0.2, 0) is 4.74 Å². The molecular weight excluding hydrogens is 236 g/mol. The smallest absolute Gasteiger partial charge is 0.0674 e. The first-order valence-corrected chi connectivity index (χ1v) is 7.42. The van der Waals surface area contributed by atoms with Gasteiger partial charge in [-0.3, -0.25) is 4.90 Å². The van der Waals surface area contributed by atoms with Crippen LogP contribution in [0, 0.1) is 0 Å². The summed E-state index contributed by atoms with van der Waals surface area (Å²) >= 11 is 0. The summed E-state index contributed by atoms with van der Waals surface area (Å²) in [6.07, 6.45) is 1.54. The van der Waals surface area contributed by atoms with Crippen LogP contribution in [0.3, 0.4) is 0 Å². The zero-order valence-corrected chi connectivity index (χ0v) is 12.1. The number of nitrogens with zero attached hydrogens (tertiary/aromatic N) is 1. The van der Waals surface area contributed by atoms with Gasteiger partial charge >= 0.3 is 0 Å². The molecule has 1 heterocycles. The minimum atomic E-state index is 0.378. The van der Waals surface area contributed by atoms with Gasteiger partial charge in [-0.1, -0.05) is 37.3 Å². The number of benzene rings is 1. The largest absolute Gasteiger partial charge is 0.376 e. The van der Waals surface area contributed by atoms with Crippen molar-refractivity contribution in [3.05, 3.63) is 35.9 Å². The predicted octanol–water partition coefficient (Wildman–Crippen LogP) is 2.45. The number of nitrogens with one attached hydrogen (secondary N) is 1. The highest BCUT2D eigenvalue weighted by Crippen LogP contribution is 2.17. The molecule has 1 aromatic carbocycles. The van der Waals surface area contributed by atoms with Gasteiger partial charge in [-0.2, -0.15) is 0 Å². The first kappa shape index (κ1) is 14.5. The molecule has 0 bridgehead atoms. The number of hydrogen-bond acceptors (Lipinski definition) is 3. The highest BCUT2D eigenvalue weighted by Gasteiger charge is 2.18. The van der Waals surface area contributed by atoms with Crippen LogP contribution in [0.2, 0.25) is 0 Å². The van der Waals surface area contributed by atoms with Gasteiger partial charge in [-0.05, 0) is 25.5 Å². The number of ether oxygens (including phenoxy) is 1. The minimum absolute atomic E-state index is 0.378. The monoisotopic (exact) mass is 262 g/mol. The lowest BCUT2D eigenvalue weighted by molar-refractivity contribution is -0.0192. The van der Waals surface area contributed by atoms with E-state index < -0.39 is 0 Å². The van der Waals surface area contributed by atoms with Crippen molar-refractivity contribution in [1.29, 1.82) is 0 Å². The fourth-order valence-corrected chi connectivity index (χ4v) is 2.72. The highest BCUT2D eigenvalue weighted by molar-refractivity contribution is 5.18. The number of morpholine rings is 1. The van der Waals surface area contributed by atoms with E-state index in [1.807, 2.05) is 0 Å². The van der Waals surface area contributed by atoms with E-state index in [4.69, 9.17) is 4.74 Å². The van der Waals surface area contributed by atoms with Gasteiger partial charge in [0.05, 0.1) is 12.7 Å². The van der Waals surface area contributed by atoms with Crippen molar-refractivity contribution in [3.63, 3.8) is 0 Å². The van der Waals surface area contributed by atoms with Crippen LogP contribution in [0.5, 0.6) is 0 Å². The third-order valence-corrected chi connectivity index (χ3v) is 3.71. The zero-order chi connectivity index (χ0) is 13.5. The Balaban J connectivity index is 1.86. The molecule has 0 saturated carbocycles. The van der Waals surface area contributed by atoms with E-state index >= 15 is 0 Å². The van der Waals surface area contributed by atoms with Gasteiger partial charge < -0.3 is 10.1 Å². The van der Waals surface area contributed by atoms with E-state index in [-0.39, 0.29) is 0 Å². The lowest BCUT2D eigenvalue weighted by Gasteiger charge is -2.32. The standard InChI is InChI=1S/C16H26N2O/c1-3-17-16(15-7-5-4-6-8-15)9-10-18-11-12-19-14(2)13-18/h4-8,14,16-17H,3,9-13H2,1-2H3. The molecule has 1 N–H and O–H groups in total. The lowest BCUT2D eigenvalue weighted by Crippen LogP contribution is -2.42. The molecule has 106 valence electrons. The molecule has 1 saturated heterocycles. The van der Waals surface area contributed by atoms with Crippen molar-refractivity contribution < 1.29 is 4.74 Å². The first-order chi connectivity index (χ1) is 9.29. The highest BCUT2D eigenvalue weighted by atomic mass is 16.5. The van der Waals surface area contributed by atoms with E-state index in [9.17, 15) is 0 Å². The maximum Gasteiger partial charge on any atom is 0.0674 e. The van der Waals surface area contributed by atoms with Crippen LogP contribution >= 0.6 is 0 Å². The minimum Gasteiger partial charge on any atom is -0.376 e. The second-order valence-corrected chi connectivity index (χ2v) is 5.29. The molecule has 2 unspecified atom stereocenters.